The van der Waals surface area contributed by atoms with Crippen molar-refractivity contribution in [2.45, 2.75) is 52.1 Å². The van der Waals surface area contributed by atoms with Crippen LogP contribution in [-0.4, -0.2) is 36.4 Å². The molecule has 0 radical (unpaired) electrons. The molecule has 0 aliphatic rings. The molecule has 0 aromatic heterocycles. The molecular weight excluding hydrogens is 176 g/mol. The van der Waals surface area contributed by atoms with Gasteiger partial charge in [0.15, 0.2) is 0 Å². The van der Waals surface area contributed by atoms with Gasteiger partial charge in [0.1, 0.15) is 0 Å². The highest BCUT2D eigenvalue weighted by molar-refractivity contribution is 4.71. The van der Waals surface area contributed by atoms with Gasteiger partial charge in [-0.15, -0.1) is 0 Å². The Hall–Kier alpha value is -0.120. The summed E-state index contributed by atoms with van der Waals surface area (Å²) in [6, 6.07) is 0.504. The topological polar surface area (TPSA) is 44.3 Å². The third-order valence-electron chi connectivity index (χ3n) is 2.07. The molecule has 0 aliphatic carbocycles. The highest BCUT2D eigenvalue weighted by Crippen LogP contribution is 1.97. The van der Waals surface area contributed by atoms with Crippen LogP contribution < -0.4 is 10.6 Å². The van der Waals surface area contributed by atoms with Gasteiger partial charge in [-0.2, -0.15) is 0 Å². The van der Waals surface area contributed by atoms with Crippen LogP contribution in [-0.2, 0) is 0 Å². The van der Waals surface area contributed by atoms with Crippen molar-refractivity contribution < 1.29 is 5.11 Å². The Morgan fingerprint density at radius 3 is 2.36 bits per heavy atom. The molecule has 0 aromatic carbocycles. The summed E-state index contributed by atoms with van der Waals surface area (Å²) in [4.78, 5) is 0. The summed E-state index contributed by atoms with van der Waals surface area (Å²) in [5, 5.41) is 15.5. The monoisotopic (exact) mass is 202 g/mol. The lowest BCUT2D eigenvalue weighted by Gasteiger charge is -2.21. The van der Waals surface area contributed by atoms with Gasteiger partial charge in [-0.3, -0.25) is 0 Å². The van der Waals surface area contributed by atoms with Crippen LogP contribution in [0.2, 0.25) is 0 Å². The molecule has 0 heterocycles. The van der Waals surface area contributed by atoms with Crippen LogP contribution in [0.4, 0.5) is 0 Å². The number of rotatable bonds is 7. The molecule has 0 aromatic rings. The Balaban J connectivity index is 3.27. The molecule has 0 spiro atoms. The number of hydrogen-bond donors (Lipinski definition) is 3. The molecule has 0 amide bonds. The highest BCUT2D eigenvalue weighted by Gasteiger charge is 2.07. The maximum atomic E-state index is 8.65. The van der Waals surface area contributed by atoms with Crippen molar-refractivity contribution in [3.8, 4) is 0 Å². The molecule has 0 rings (SSSR count). The fourth-order valence-electron chi connectivity index (χ4n) is 1.26. The average Bonchev–Trinajstić information content (AvgIpc) is 2.07. The minimum absolute atomic E-state index is 0.204. The van der Waals surface area contributed by atoms with Crippen molar-refractivity contribution in [3.63, 3.8) is 0 Å². The van der Waals surface area contributed by atoms with Crippen LogP contribution in [0.15, 0.2) is 0 Å². The van der Waals surface area contributed by atoms with Gasteiger partial charge in [0, 0.05) is 31.3 Å². The first-order valence-electron chi connectivity index (χ1n) is 5.55. The summed E-state index contributed by atoms with van der Waals surface area (Å²) in [6.45, 7) is 10.9. The van der Waals surface area contributed by atoms with Crippen LogP contribution in [0, 0.1) is 0 Å². The minimum atomic E-state index is 0.204. The van der Waals surface area contributed by atoms with Gasteiger partial charge in [0.05, 0.1) is 0 Å². The SMILES string of the molecule is CC(CCCO)NCCNC(C)(C)C. The maximum Gasteiger partial charge on any atom is 0.0431 e. The molecule has 0 saturated carbocycles. The summed E-state index contributed by atoms with van der Waals surface area (Å²) in [7, 11) is 0. The van der Waals surface area contributed by atoms with E-state index >= 15 is 0 Å². The fraction of sp³-hybridized carbons (Fsp3) is 1.00. The van der Waals surface area contributed by atoms with Crippen molar-refractivity contribution in [1.82, 2.24) is 10.6 Å². The first kappa shape index (κ1) is 13.9. The molecule has 1 unspecified atom stereocenters. The molecule has 0 fully saturated rings. The lowest BCUT2D eigenvalue weighted by molar-refractivity contribution is 0.276. The van der Waals surface area contributed by atoms with Crippen LogP contribution in [0.1, 0.15) is 40.5 Å². The lowest BCUT2D eigenvalue weighted by Crippen LogP contribution is -2.41. The Morgan fingerprint density at radius 1 is 1.21 bits per heavy atom. The standard InChI is InChI=1S/C11H26N2O/c1-10(6-5-9-14)12-7-8-13-11(2,3)4/h10,12-14H,5-9H2,1-4H3. The van der Waals surface area contributed by atoms with E-state index in [1.54, 1.807) is 0 Å². The van der Waals surface area contributed by atoms with Gasteiger partial charge in [-0.1, -0.05) is 0 Å². The van der Waals surface area contributed by atoms with Crippen molar-refractivity contribution in [2.75, 3.05) is 19.7 Å². The second-order valence-corrected chi connectivity index (χ2v) is 4.90. The van der Waals surface area contributed by atoms with E-state index in [0.29, 0.717) is 12.6 Å². The zero-order chi connectivity index (χ0) is 11.0. The minimum Gasteiger partial charge on any atom is -0.396 e. The second-order valence-electron chi connectivity index (χ2n) is 4.90. The van der Waals surface area contributed by atoms with Gasteiger partial charge >= 0.3 is 0 Å². The normalized spacial score (nSPS) is 14.4. The molecule has 14 heavy (non-hydrogen) atoms. The Morgan fingerprint density at radius 2 is 1.86 bits per heavy atom. The molecule has 3 heteroatoms. The van der Waals surface area contributed by atoms with Crippen molar-refractivity contribution in [2.24, 2.45) is 0 Å². The molecule has 3 N–H and O–H groups in total. The summed E-state index contributed by atoms with van der Waals surface area (Å²) < 4.78 is 0. The van der Waals surface area contributed by atoms with Crippen molar-refractivity contribution >= 4 is 0 Å². The predicted molar refractivity (Wildman–Crippen MR) is 61.5 cm³/mol. The molecule has 0 saturated heterocycles. The Kier molecular flexibility index (Phi) is 7.15. The van der Waals surface area contributed by atoms with Crippen LogP contribution >= 0.6 is 0 Å². The summed E-state index contributed by atoms with van der Waals surface area (Å²) >= 11 is 0. The fourth-order valence-corrected chi connectivity index (χ4v) is 1.26. The number of hydrogen-bond acceptors (Lipinski definition) is 3. The van der Waals surface area contributed by atoms with E-state index in [0.717, 1.165) is 25.9 Å². The van der Waals surface area contributed by atoms with Crippen LogP contribution in [0.25, 0.3) is 0 Å². The molecule has 3 nitrogen and oxygen atoms in total. The largest absolute Gasteiger partial charge is 0.396 e. The maximum absolute atomic E-state index is 8.65. The van der Waals surface area contributed by atoms with Crippen molar-refractivity contribution in [3.05, 3.63) is 0 Å². The van der Waals surface area contributed by atoms with Gasteiger partial charge < -0.3 is 15.7 Å². The number of nitrogens with one attached hydrogen (secondary N) is 2. The zero-order valence-electron chi connectivity index (χ0n) is 10.1. The molecule has 0 bridgehead atoms. The van der Waals surface area contributed by atoms with E-state index in [-0.39, 0.29) is 5.54 Å². The van der Waals surface area contributed by atoms with E-state index in [2.05, 4.69) is 38.3 Å². The molecule has 1 atom stereocenters. The second kappa shape index (κ2) is 7.21. The van der Waals surface area contributed by atoms with Gasteiger partial charge in [-0.05, 0) is 40.5 Å². The zero-order valence-corrected chi connectivity index (χ0v) is 10.1. The van der Waals surface area contributed by atoms with E-state index in [9.17, 15) is 0 Å². The Labute approximate surface area is 88.3 Å². The highest BCUT2D eigenvalue weighted by atomic mass is 16.2. The average molecular weight is 202 g/mol. The quantitative estimate of drug-likeness (QED) is 0.542. The van der Waals surface area contributed by atoms with Gasteiger partial charge in [0.25, 0.3) is 0 Å². The molecular formula is C11H26N2O. The van der Waals surface area contributed by atoms with E-state index in [4.69, 9.17) is 5.11 Å². The predicted octanol–water partition coefficient (Wildman–Crippen LogP) is 1.13. The summed E-state index contributed by atoms with van der Waals surface area (Å²) in [6.07, 6.45) is 1.94. The Bertz CT molecular complexity index is 132. The van der Waals surface area contributed by atoms with E-state index in [1.165, 1.54) is 0 Å². The summed E-state index contributed by atoms with van der Waals surface area (Å²) in [5.41, 5.74) is 0.204. The molecule has 0 aliphatic heterocycles. The van der Waals surface area contributed by atoms with Crippen LogP contribution in [0.5, 0.6) is 0 Å². The van der Waals surface area contributed by atoms with Crippen LogP contribution in [0.3, 0.4) is 0 Å². The van der Waals surface area contributed by atoms with Gasteiger partial charge in [-0.25, -0.2) is 0 Å². The van der Waals surface area contributed by atoms with Crippen molar-refractivity contribution in [1.29, 1.82) is 0 Å². The first-order chi connectivity index (χ1) is 6.45. The van der Waals surface area contributed by atoms with Gasteiger partial charge in [0.2, 0.25) is 0 Å². The smallest absolute Gasteiger partial charge is 0.0431 e. The lowest BCUT2D eigenvalue weighted by atomic mass is 10.1. The molecule has 86 valence electrons. The number of aliphatic hydroxyl groups excluding tert-OH is 1. The first-order valence-corrected chi connectivity index (χ1v) is 5.55. The third-order valence-corrected chi connectivity index (χ3v) is 2.07. The van der Waals surface area contributed by atoms with E-state index in [1.807, 2.05) is 0 Å². The van der Waals surface area contributed by atoms with E-state index < -0.39 is 0 Å². The third kappa shape index (κ3) is 9.96. The summed E-state index contributed by atoms with van der Waals surface area (Å²) in [5.74, 6) is 0. The number of aliphatic hydroxyl groups is 1.